The molecule has 7 heteroatoms. The predicted molar refractivity (Wildman–Crippen MR) is 137 cm³/mol. The number of hydrogen-bond donors (Lipinski definition) is 4. The van der Waals surface area contributed by atoms with Gasteiger partial charge in [0.2, 0.25) is 5.91 Å². The molecule has 4 fully saturated rings. The van der Waals surface area contributed by atoms with Crippen LogP contribution in [0.4, 0.5) is 0 Å². The smallest absolute Gasteiger partial charge is 0.223 e. The molecule has 0 radical (unpaired) electrons. The maximum Gasteiger partial charge on any atom is 0.223 e. The molecule has 0 aromatic rings. The van der Waals surface area contributed by atoms with E-state index in [2.05, 4.69) is 26.2 Å². The monoisotopic (exact) mass is 477 g/mol. The quantitative estimate of drug-likeness (QED) is 0.343. The lowest BCUT2D eigenvalue weighted by Gasteiger charge is -2.40. The minimum absolute atomic E-state index is 0.210. The van der Waals surface area contributed by atoms with E-state index in [4.69, 9.17) is 4.74 Å². The highest BCUT2D eigenvalue weighted by atomic mass is 16.5. The molecular formula is C27H51N5O2. The van der Waals surface area contributed by atoms with Gasteiger partial charge >= 0.3 is 0 Å². The lowest BCUT2D eigenvalue weighted by molar-refractivity contribution is -0.126. The van der Waals surface area contributed by atoms with E-state index in [0.29, 0.717) is 12.1 Å². The molecule has 7 nitrogen and oxygen atoms in total. The number of amides is 1. The van der Waals surface area contributed by atoms with Gasteiger partial charge in [0.25, 0.3) is 0 Å². The van der Waals surface area contributed by atoms with Gasteiger partial charge in [-0.2, -0.15) is 0 Å². The fourth-order valence-electron chi connectivity index (χ4n) is 6.69. The number of nitrogens with zero attached hydrogens (tertiary/aromatic N) is 1. The topological polar surface area (TPSA) is 77.7 Å². The van der Waals surface area contributed by atoms with Crippen LogP contribution in [-0.2, 0) is 9.53 Å². The third-order valence-electron chi connectivity index (χ3n) is 9.04. The Balaban J connectivity index is 1.02. The minimum atomic E-state index is 0.210. The first kappa shape index (κ1) is 26.3. The summed E-state index contributed by atoms with van der Waals surface area (Å²) in [6, 6.07) is 0.508. The highest BCUT2D eigenvalue weighted by molar-refractivity contribution is 5.78. The third-order valence-corrected chi connectivity index (χ3v) is 9.04. The summed E-state index contributed by atoms with van der Waals surface area (Å²) in [6.45, 7) is 6.87. The van der Waals surface area contributed by atoms with Gasteiger partial charge < -0.3 is 15.0 Å². The van der Waals surface area contributed by atoms with Crippen molar-refractivity contribution in [1.82, 2.24) is 26.2 Å². The molecule has 2 saturated heterocycles. The van der Waals surface area contributed by atoms with Crippen molar-refractivity contribution in [1.29, 1.82) is 0 Å². The van der Waals surface area contributed by atoms with E-state index in [0.717, 1.165) is 63.6 Å². The van der Waals surface area contributed by atoms with Gasteiger partial charge in [-0.05, 0) is 109 Å². The standard InChI is InChI=1S/C27H51N5O2/c1-34-25-13-9-21(10-14-25)23-19-29-27(30-20-23)31-24-11-7-22(8-12-24)26(33)28-15-3-2-4-16-32-17-5-6-18-32/h21-25,27,29-31H,2-20H2,1H3,(H,28,33). The van der Waals surface area contributed by atoms with E-state index in [1.165, 1.54) is 71.0 Å². The van der Waals surface area contributed by atoms with Crippen LogP contribution in [0.3, 0.4) is 0 Å². The van der Waals surface area contributed by atoms with Crippen molar-refractivity contribution in [3.05, 3.63) is 0 Å². The Labute approximate surface area is 207 Å². The summed E-state index contributed by atoms with van der Waals surface area (Å²) in [7, 11) is 1.85. The Morgan fingerprint density at radius 3 is 2.26 bits per heavy atom. The summed E-state index contributed by atoms with van der Waals surface area (Å²) >= 11 is 0. The molecule has 2 aliphatic heterocycles. The number of rotatable bonds is 11. The Morgan fingerprint density at radius 2 is 1.59 bits per heavy atom. The van der Waals surface area contributed by atoms with Crippen LogP contribution >= 0.6 is 0 Å². The molecule has 4 rings (SSSR count). The molecule has 2 heterocycles. The van der Waals surface area contributed by atoms with Gasteiger partial charge in [-0.3, -0.25) is 20.7 Å². The molecule has 2 saturated carbocycles. The average Bonchev–Trinajstić information content (AvgIpc) is 3.41. The molecular weight excluding hydrogens is 426 g/mol. The van der Waals surface area contributed by atoms with E-state index < -0.39 is 0 Å². The van der Waals surface area contributed by atoms with E-state index >= 15 is 0 Å². The zero-order valence-electron chi connectivity index (χ0n) is 21.7. The first-order valence-electron chi connectivity index (χ1n) is 14.5. The second-order valence-corrected chi connectivity index (χ2v) is 11.4. The fraction of sp³-hybridized carbons (Fsp3) is 0.963. The zero-order chi connectivity index (χ0) is 23.6. The number of ether oxygens (including phenoxy) is 1. The highest BCUT2D eigenvalue weighted by Crippen LogP contribution is 2.32. The normalized spacial score (nSPS) is 35.3. The molecule has 0 aromatic heterocycles. The lowest BCUT2D eigenvalue weighted by atomic mass is 9.78. The Hall–Kier alpha value is -0.730. The van der Waals surface area contributed by atoms with Crippen molar-refractivity contribution in [3.8, 4) is 0 Å². The van der Waals surface area contributed by atoms with Crippen LogP contribution < -0.4 is 21.3 Å². The first-order chi connectivity index (χ1) is 16.7. The molecule has 4 N–H and O–H groups in total. The van der Waals surface area contributed by atoms with E-state index in [9.17, 15) is 4.79 Å². The van der Waals surface area contributed by atoms with Gasteiger partial charge in [-0.1, -0.05) is 6.42 Å². The third kappa shape index (κ3) is 8.16. The van der Waals surface area contributed by atoms with Gasteiger partial charge in [-0.25, -0.2) is 0 Å². The molecule has 0 bridgehead atoms. The fourth-order valence-corrected chi connectivity index (χ4v) is 6.69. The number of unbranched alkanes of at least 4 members (excludes halogenated alkanes) is 2. The second-order valence-electron chi connectivity index (χ2n) is 11.4. The van der Waals surface area contributed by atoms with Crippen molar-refractivity contribution in [3.63, 3.8) is 0 Å². The molecule has 34 heavy (non-hydrogen) atoms. The molecule has 1 amide bonds. The number of likely N-dealkylation sites (tertiary alicyclic amines) is 1. The molecule has 2 aliphatic carbocycles. The number of carbonyl (C=O) groups excluding carboxylic acids is 1. The van der Waals surface area contributed by atoms with Crippen molar-refractivity contribution < 1.29 is 9.53 Å². The number of methoxy groups -OCH3 is 1. The average molecular weight is 478 g/mol. The Morgan fingerprint density at radius 1 is 0.882 bits per heavy atom. The summed E-state index contributed by atoms with van der Waals surface area (Å²) in [5, 5.41) is 14.4. The molecule has 0 unspecified atom stereocenters. The number of hydrogen-bond acceptors (Lipinski definition) is 6. The Bertz CT molecular complexity index is 576. The van der Waals surface area contributed by atoms with Crippen molar-refractivity contribution in [2.24, 2.45) is 17.8 Å². The van der Waals surface area contributed by atoms with Crippen molar-refractivity contribution in [2.45, 2.75) is 102 Å². The van der Waals surface area contributed by atoms with E-state index in [1.54, 1.807) is 0 Å². The van der Waals surface area contributed by atoms with Gasteiger partial charge in [0.05, 0.1) is 6.10 Å². The van der Waals surface area contributed by atoms with E-state index in [-0.39, 0.29) is 18.1 Å². The second kappa shape index (κ2) is 14.1. The van der Waals surface area contributed by atoms with Crippen LogP contribution in [0.25, 0.3) is 0 Å². The van der Waals surface area contributed by atoms with Crippen LogP contribution in [-0.4, -0.2) is 75.6 Å². The summed E-state index contributed by atoms with van der Waals surface area (Å²) in [5.74, 6) is 2.06. The Kier molecular flexibility index (Phi) is 10.9. The van der Waals surface area contributed by atoms with Crippen LogP contribution in [0.15, 0.2) is 0 Å². The molecule has 4 aliphatic rings. The molecule has 0 atom stereocenters. The van der Waals surface area contributed by atoms with Gasteiger partial charge in [-0.15, -0.1) is 0 Å². The maximum atomic E-state index is 12.6. The minimum Gasteiger partial charge on any atom is -0.381 e. The van der Waals surface area contributed by atoms with Crippen LogP contribution in [0.2, 0.25) is 0 Å². The number of carbonyl (C=O) groups is 1. The zero-order valence-corrected chi connectivity index (χ0v) is 21.7. The van der Waals surface area contributed by atoms with Crippen LogP contribution in [0.5, 0.6) is 0 Å². The molecule has 0 spiro atoms. The van der Waals surface area contributed by atoms with E-state index in [1.807, 2.05) is 7.11 Å². The largest absolute Gasteiger partial charge is 0.381 e. The summed E-state index contributed by atoms with van der Waals surface area (Å²) in [4.78, 5) is 15.2. The number of nitrogens with one attached hydrogen (secondary N) is 4. The maximum absolute atomic E-state index is 12.6. The summed E-state index contributed by atoms with van der Waals surface area (Å²) < 4.78 is 5.53. The predicted octanol–water partition coefficient (Wildman–Crippen LogP) is 2.81. The van der Waals surface area contributed by atoms with Crippen molar-refractivity contribution >= 4 is 5.91 Å². The van der Waals surface area contributed by atoms with Crippen LogP contribution in [0.1, 0.15) is 83.5 Å². The van der Waals surface area contributed by atoms with Gasteiger partial charge in [0.15, 0.2) is 0 Å². The van der Waals surface area contributed by atoms with Gasteiger partial charge in [0.1, 0.15) is 6.29 Å². The summed E-state index contributed by atoms with van der Waals surface area (Å²) in [5.41, 5.74) is 0. The first-order valence-corrected chi connectivity index (χ1v) is 14.5. The van der Waals surface area contributed by atoms with Crippen molar-refractivity contribution in [2.75, 3.05) is 46.4 Å². The van der Waals surface area contributed by atoms with Crippen LogP contribution in [0, 0.1) is 17.8 Å². The summed E-state index contributed by atoms with van der Waals surface area (Å²) in [6.07, 6.45) is 16.3. The van der Waals surface area contributed by atoms with Gasteiger partial charge in [0, 0.05) is 38.7 Å². The lowest BCUT2D eigenvalue weighted by Crippen LogP contribution is -2.63. The molecule has 196 valence electrons. The molecule has 0 aromatic carbocycles. The SMILES string of the molecule is COC1CCC(C2CNC(NC3CCC(C(=O)NCCCCCN4CCCC4)CC3)NC2)CC1. The highest BCUT2D eigenvalue weighted by Gasteiger charge is 2.32.